The van der Waals surface area contributed by atoms with Crippen LogP contribution in [0.5, 0.6) is 0 Å². The molecular weight excluding hydrogens is 212 g/mol. The number of hydrogen-bond donors (Lipinski definition) is 0. The van der Waals surface area contributed by atoms with Crippen LogP contribution in [0.15, 0.2) is 45.1 Å². The molecule has 0 bridgehead atoms. The summed E-state index contributed by atoms with van der Waals surface area (Å²) in [5.41, 5.74) is 1.93. The van der Waals surface area contributed by atoms with Crippen molar-refractivity contribution in [1.29, 1.82) is 0 Å². The van der Waals surface area contributed by atoms with Crippen LogP contribution in [0.2, 0.25) is 0 Å². The number of hydrogen-bond acceptors (Lipinski definition) is 4. The van der Waals surface area contributed by atoms with Gasteiger partial charge in [-0.25, -0.2) is 9.97 Å². The fourth-order valence-electron chi connectivity index (χ4n) is 1.31. The lowest BCUT2D eigenvalue weighted by molar-refractivity contribution is 0.974. The second-order valence-corrected chi connectivity index (χ2v) is 4.62. The number of thioether (sulfide) groups is 2. The first kappa shape index (κ1) is 8.32. The third kappa shape index (κ3) is 1.31. The Bertz CT molecular complexity index is 476. The molecule has 1 aromatic heterocycles. The van der Waals surface area contributed by atoms with Crippen molar-refractivity contribution in [2.24, 2.45) is 0 Å². The minimum atomic E-state index is 0.967. The van der Waals surface area contributed by atoms with Crippen molar-refractivity contribution >= 4 is 34.6 Å². The molecule has 0 saturated carbocycles. The summed E-state index contributed by atoms with van der Waals surface area (Å²) in [7, 11) is 0. The lowest BCUT2D eigenvalue weighted by Crippen LogP contribution is -1.91. The van der Waals surface area contributed by atoms with Gasteiger partial charge < -0.3 is 0 Å². The summed E-state index contributed by atoms with van der Waals surface area (Å²) < 4.78 is 0. The van der Waals surface area contributed by atoms with Crippen molar-refractivity contribution in [3.63, 3.8) is 0 Å². The molecule has 0 unspecified atom stereocenters. The highest BCUT2D eigenvalue weighted by Crippen LogP contribution is 2.35. The van der Waals surface area contributed by atoms with Gasteiger partial charge in [0.25, 0.3) is 0 Å². The highest BCUT2D eigenvalue weighted by Gasteiger charge is 2.10. The van der Waals surface area contributed by atoms with E-state index >= 15 is 0 Å². The number of aromatic nitrogens is 2. The summed E-state index contributed by atoms with van der Waals surface area (Å²) in [5.74, 6) is 0. The number of para-hydroxylation sites is 2. The maximum Gasteiger partial charge on any atom is 0.134 e. The molecule has 3 rings (SSSR count). The van der Waals surface area contributed by atoms with Crippen molar-refractivity contribution in [2.75, 3.05) is 0 Å². The van der Waals surface area contributed by atoms with Gasteiger partial charge in [0.05, 0.1) is 11.0 Å². The smallest absolute Gasteiger partial charge is 0.134 e. The van der Waals surface area contributed by atoms with Crippen molar-refractivity contribution in [1.82, 2.24) is 9.97 Å². The summed E-state index contributed by atoms with van der Waals surface area (Å²) in [5, 5.41) is 6.10. The van der Waals surface area contributed by atoms with E-state index in [4.69, 9.17) is 0 Å². The van der Waals surface area contributed by atoms with Gasteiger partial charge in [-0.15, -0.1) is 0 Å². The van der Waals surface area contributed by atoms with Gasteiger partial charge in [-0.2, -0.15) is 0 Å². The third-order valence-electron chi connectivity index (χ3n) is 1.92. The zero-order chi connectivity index (χ0) is 9.38. The normalized spacial score (nSPS) is 14.3. The Morgan fingerprint density at radius 2 is 1.29 bits per heavy atom. The number of rotatable bonds is 0. The van der Waals surface area contributed by atoms with Crippen molar-refractivity contribution < 1.29 is 0 Å². The molecule has 0 radical (unpaired) electrons. The predicted molar refractivity (Wildman–Crippen MR) is 60.4 cm³/mol. The van der Waals surface area contributed by atoms with Crippen LogP contribution in [0.25, 0.3) is 11.0 Å². The standard InChI is InChI=1S/C10H6N2S2/c1-2-4-8-7(3-1)11-9-10(12-8)14-6-5-13-9/h1-6H. The summed E-state index contributed by atoms with van der Waals surface area (Å²) in [6.45, 7) is 0. The van der Waals surface area contributed by atoms with Gasteiger partial charge in [-0.05, 0) is 22.9 Å². The molecule has 0 N–H and O–H groups in total. The van der Waals surface area contributed by atoms with E-state index in [0.29, 0.717) is 0 Å². The quantitative estimate of drug-likeness (QED) is 0.677. The van der Waals surface area contributed by atoms with Gasteiger partial charge in [0.1, 0.15) is 10.1 Å². The van der Waals surface area contributed by atoms with Crippen LogP contribution in [0.1, 0.15) is 0 Å². The summed E-state index contributed by atoms with van der Waals surface area (Å²) >= 11 is 3.26. The first-order valence-corrected chi connectivity index (χ1v) is 5.94. The fraction of sp³-hybridized carbons (Fsp3) is 0. The molecule has 14 heavy (non-hydrogen) atoms. The van der Waals surface area contributed by atoms with E-state index in [9.17, 15) is 0 Å². The first-order valence-electron chi connectivity index (χ1n) is 4.18. The molecule has 68 valence electrons. The molecule has 0 fully saturated rings. The zero-order valence-corrected chi connectivity index (χ0v) is 8.81. The molecule has 2 heterocycles. The number of fused-ring (bicyclic) bond motifs is 2. The molecule has 0 spiro atoms. The largest absolute Gasteiger partial charge is 0.237 e. The van der Waals surface area contributed by atoms with Crippen LogP contribution in [-0.2, 0) is 0 Å². The third-order valence-corrected chi connectivity index (χ3v) is 3.79. The predicted octanol–water partition coefficient (Wildman–Crippen LogP) is 3.30. The molecule has 0 atom stereocenters. The molecule has 0 saturated heterocycles. The number of benzene rings is 1. The molecular formula is C10H6N2S2. The summed E-state index contributed by atoms with van der Waals surface area (Å²) in [4.78, 5) is 9.09. The van der Waals surface area contributed by atoms with Crippen molar-refractivity contribution in [2.45, 2.75) is 10.1 Å². The zero-order valence-electron chi connectivity index (χ0n) is 7.18. The van der Waals surface area contributed by atoms with Crippen LogP contribution < -0.4 is 0 Å². The minimum Gasteiger partial charge on any atom is -0.237 e. The van der Waals surface area contributed by atoms with Gasteiger partial charge in [0.2, 0.25) is 0 Å². The highest BCUT2D eigenvalue weighted by molar-refractivity contribution is 8.08. The summed E-state index contributed by atoms with van der Waals surface area (Å²) in [6.07, 6.45) is 0. The van der Waals surface area contributed by atoms with Crippen LogP contribution in [0.3, 0.4) is 0 Å². The van der Waals surface area contributed by atoms with Crippen LogP contribution in [-0.4, -0.2) is 9.97 Å². The molecule has 2 aromatic rings. The van der Waals surface area contributed by atoms with E-state index in [1.165, 1.54) is 0 Å². The van der Waals surface area contributed by atoms with Crippen LogP contribution in [0, 0.1) is 0 Å². The average Bonchev–Trinajstić information content (AvgIpc) is 2.26. The highest BCUT2D eigenvalue weighted by atomic mass is 32.2. The Morgan fingerprint density at radius 3 is 1.79 bits per heavy atom. The maximum absolute atomic E-state index is 4.54. The second kappa shape index (κ2) is 3.29. The molecule has 0 aliphatic carbocycles. The molecule has 1 aliphatic rings. The van der Waals surface area contributed by atoms with Gasteiger partial charge in [-0.3, -0.25) is 0 Å². The number of nitrogens with zero attached hydrogens (tertiary/aromatic N) is 2. The molecule has 2 nitrogen and oxygen atoms in total. The molecule has 1 aromatic carbocycles. The monoisotopic (exact) mass is 218 g/mol. The molecule has 1 aliphatic heterocycles. The van der Waals surface area contributed by atoms with E-state index in [0.717, 1.165) is 21.1 Å². The van der Waals surface area contributed by atoms with Crippen molar-refractivity contribution in [3.8, 4) is 0 Å². The van der Waals surface area contributed by atoms with Gasteiger partial charge in [0.15, 0.2) is 0 Å². The van der Waals surface area contributed by atoms with E-state index in [2.05, 4.69) is 9.97 Å². The molecule has 0 amide bonds. The van der Waals surface area contributed by atoms with E-state index in [1.54, 1.807) is 23.5 Å². The lowest BCUT2D eigenvalue weighted by atomic mass is 10.3. The second-order valence-electron chi connectivity index (χ2n) is 2.83. The Hall–Kier alpha value is -1.00. The van der Waals surface area contributed by atoms with Gasteiger partial charge in [-0.1, -0.05) is 35.7 Å². The Morgan fingerprint density at radius 1 is 0.786 bits per heavy atom. The Balaban J connectivity index is 2.30. The van der Waals surface area contributed by atoms with Crippen LogP contribution in [0.4, 0.5) is 0 Å². The minimum absolute atomic E-state index is 0.967. The topological polar surface area (TPSA) is 25.8 Å². The van der Waals surface area contributed by atoms with Crippen LogP contribution >= 0.6 is 23.5 Å². The molecule has 4 heteroatoms. The Kier molecular flexibility index (Phi) is 1.96. The fourth-order valence-corrected chi connectivity index (χ4v) is 2.89. The van der Waals surface area contributed by atoms with E-state index in [-0.39, 0.29) is 0 Å². The van der Waals surface area contributed by atoms with Crippen molar-refractivity contribution in [3.05, 3.63) is 35.1 Å². The van der Waals surface area contributed by atoms with E-state index in [1.807, 2.05) is 35.1 Å². The van der Waals surface area contributed by atoms with Gasteiger partial charge >= 0.3 is 0 Å². The lowest BCUT2D eigenvalue weighted by Gasteiger charge is -2.08. The SMILES string of the molecule is C1=CSc2nc3ccccc3nc2S1. The summed E-state index contributed by atoms with van der Waals surface area (Å²) in [6, 6.07) is 7.96. The first-order chi connectivity index (χ1) is 6.93. The maximum atomic E-state index is 4.54. The van der Waals surface area contributed by atoms with Gasteiger partial charge in [0, 0.05) is 0 Å². The Labute approximate surface area is 89.8 Å². The average molecular weight is 218 g/mol. The van der Waals surface area contributed by atoms with E-state index < -0.39 is 0 Å².